The highest BCUT2D eigenvalue weighted by Gasteiger charge is 2.26. The smallest absolute Gasteiger partial charge is 0.409 e. The van der Waals surface area contributed by atoms with Gasteiger partial charge in [0.25, 0.3) is 11.8 Å². The maximum absolute atomic E-state index is 12.6. The Balaban J connectivity index is 1.55. The SMILES string of the molecule is CCOC(=O)N1CCN(C(=O)c2ccc(NC(=O)c3ccco3)s2)CC1. The number of ether oxygens (including phenoxy) is 1. The number of carbonyl (C=O) groups excluding carboxylic acids is 3. The van der Waals surface area contributed by atoms with Gasteiger partial charge in [-0.2, -0.15) is 0 Å². The fraction of sp³-hybridized carbons (Fsp3) is 0.353. The Bertz CT molecular complexity index is 778. The average Bonchev–Trinajstić information content (AvgIpc) is 3.33. The normalized spacial score (nSPS) is 14.2. The Morgan fingerprint density at radius 2 is 1.88 bits per heavy atom. The van der Waals surface area contributed by atoms with Gasteiger partial charge >= 0.3 is 6.09 Å². The Morgan fingerprint density at radius 3 is 2.54 bits per heavy atom. The average molecular weight is 377 g/mol. The topological polar surface area (TPSA) is 92.1 Å². The maximum Gasteiger partial charge on any atom is 0.409 e. The highest BCUT2D eigenvalue weighted by atomic mass is 32.1. The molecule has 3 heterocycles. The lowest BCUT2D eigenvalue weighted by Crippen LogP contribution is -2.50. The quantitative estimate of drug-likeness (QED) is 0.884. The van der Waals surface area contributed by atoms with Crippen molar-refractivity contribution in [3.63, 3.8) is 0 Å². The summed E-state index contributed by atoms with van der Waals surface area (Å²) in [6.07, 6.45) is 1.08. The number of carbonyl (C=O) groups is 3. The Morgan fingerprint density at radius 1 is 1.15 bits per heavy atom. The van der Waals surface area contributed by atoms with Crippen molar-refractivity contribution in [1.29, 1.82) is 0 Å². The van der Waals surface area contributed by atoms with Crippen LogP contribution in [0.1, 0.15) is 27.2 Å². The van der Waals surface area contributed by atoms with Crippen LogP contribution >= 0.6 is 11.3 Å². The largest absolute Gasteiger partial charge is 0.459 e. The lowest BCUT2D eigenvalue weighted by molar-refractivity contribution is 0.0574. The number of rotatable bonds is 4. The Kier molecular flexibility index (Phi) is 5.57. The van der Waals surface area contributed by atoms with Crippen molar-refractivity contribution in [2.45, 2.75) is 6.92 Å². The van der Waals surface area contributed by atoms with Gasteiger partial charge in [-0.05, 0) is 31.2 Å². The summed E-state index contributed by atoms with van der Waals surface area (Å²) in [4.78, 5) is 40.1. The van der Waals surface area contributed by atoms with E-state index in [-0.39, 0.29) is 23.7 Å². The molecule has 2 aromatic heterocycles. The molecule has 0 aliphatic carbocycles. The zero-order valence-electron chi connectivity index (χ0n) is 14.3. The molecule has 1 aliphatic rings. The second-order valence-electron chi connectivity index (χ2n) is 5.57. The van der Waals surface area contributed by atoms with Gasteiger partial charge in [-0.1, -0.05) is 0 Å². The molecule has 138 valence electrons. The predicted octanol–water partition coefficient (Wildman–Crippen LogP) is 2.51. The zero-order valence-corrected chi connectivity index (χ0v) is 15.1. The third kappa shape index (κ3) is 4.05. The summed E-state index contributed by atoms with van der Waals surface area (Å²) in [6, 6.07) is 6.57. The van der Waals surface area contributed by atoms with Crippen molar-refractivity contribution in [3.8, 4) is 0 Å². The number of amides is 3. The molecule has 0 unspecified atom stereocenters. The maximum atomic E-state index is 12.6. The molecule has 2 aromatic rings. The predicted molar refractivity (Wildman–Crippen MR) is 95.5 cm³/mol. The lowest BCUT2D eigenvalue weighted by atomic mass is 10.3. The van der Waals surface area contributed by atoms with Gasteiger partial charge in [-0.3, -0.25) is 9.59 Å². The van der Waals surface area contributed by atoms with Gasteiger partial charge < -0.3 is 24.3 Å². The van der Waals surface area contributed by atoms with Gasteiger partial charge in [0.15, 0.2) is 5.76 Å². The van der Waals surface area contributed by atoms with Crippen molar-refractivity contribution >= 4 is 34.2 Å². The highest BCUT2D eigenvalue weighted by molar-refractivity contribution is 7.18. The van der Waals surface area contributed by atoms with Gasteiger partial charge in [0.1, 0.15) is 0 Å². The number of furan rings is 1. The number of thiophene rings is 1. The molecule has 9 heteroatoms. The highest BCUT2D eigenvalue weighted by Crippen LogP contribution is 2.24. The first-order valence-corrected chi connectivity index (χ1v) is 9.05. The van der Waals surface area contributed by atoms with E-state index in [9.17, 15) is 14.4 Å². The number of hydrogen-bond acceptors (Lipinski definition) is 6. The minimum atomic E-state index is -0.362. The summed E-state index contributed by atoms with van der Waals surface area (Å²) in [5.41, 5.74) is 0. The van der Waals surface area contributed by atoms with E-state index in [0.717, 1.165) is 0 Å². The summed E-state index contributed by atoms with van der Waals surface area (Å²) in [5, 5.41) is 3.27. The molecule has 0 bridgehead atoms. The van der Waals surface area contributed by atoms with Gasteiger partial charge in [0.05, 0.1) is 22.7 Å². The molecule has 0 aromatic carbocycles. The van der Waals surface area contributed by atoms with Crippen molar-refractivity contribution in [1.82, 2.24) is 9.80 Å². The van der Waals surface area contributed by atoms with Crippen LogP contribution in [0.2, 0.25) is 0 Å². The van der Waals surface area contributed by atoms with E-state index in [1.807, 2.05) is 0 Å². The lowest BCUT2D eigenvalue weighted by Gasteiger charge is -2.33. The summed E-state index contributed by atoms with van der Waals surface area (Å²) < 4.78 is 10.0. The molecular weight excluding hydrogens is 358 g/mol. The zero-order chi connectivity index (χ0) is 18.5. The van der Waals surface area contributed by atoms with Crippen molar-refractivity contribution in [2.24, 2.45) is 0 Å². The van der Waals surface area contributed by atoms with Crippen LogP contribution in [-0.4, -0.2) is 60.5 Å². The van der Waals surface area contributed by atoms with Crippen LogP contribution in [0.15, 0.2) is 34.9 Å². The molecule has 3 rings (SSSR count). The second-order valence-corrected chi connectivity index (χ2v) is 6.66. The fourth-order valence-corrected chi connectivity index (χ4v) is 3.43. The first kappa shape index (κ1) is 18.0. The van der Waals surface area contributed by atoms with E-state index in [2.05, 4.69) is 5.32 Å². The summed E-state index contributed by atoms with van der Waals surface area (Å²) in [6.45, 7) is 3.87. The van der Waals surface area contributed by atoms with Crippen LogP contribution in [0.25, 0.3) is 0 Å². The van der Waals surface area contributed by atoms with E-state index >= 15 is 0 Å². The van der Waals surface area contributed by atoms with E-state index in [4.69, 9.17) is 9.15 Å². The molecule has 3 amide bonds. The standard InChI is InChI=1S/C17H19N3O5S/c1-2-24-17(23)20-9-7-19(8-10-20)16(22)13-5-6-14(26-13)18-15(21)12-4-3-11-25-12/h3-6,11H,2,7-10H2,1H3,(H,18,21). The number of hydrogen-bond donors (Lipinski definition) is 1. The third-order valence-electron chi connectivity index (χ3n) is 3.89. The Hall–Kier alpha value is -2.81. The first-order chi connectivity index (χ1) is 12.6. The molecule has 1 fully saturated rings. The van der Waals surface area contributed by atoms with Crippen LogP contribution in [0, 0.1) is 0 Å². The van der Waals surface area contributed by atoms with Crippen LogP contribution in [0.3, 0.4) is 0 Å². The van der Waals surface area contributed by atoms with Crippen LogP contribution in [0.5, 0.6) is 0 Å². The molecule has 1 aliphatic heterocycles. The fourth-order valence-electron chi connectivity index (χ4n) is 2.56. The Labute approximate surface area is 154 Å². The molecular formula is C17H19N3O5S. The molecule has 1 saturated heterocycles. The van der Waals surface area contributed by atoms with Crippen LogP contribution in [0.4, 0.5) is 9.80 Å². The number of nitrogens with one attached hydrogen (secondary N) is 1. The molecule has 26 heavy (non-hydrogen) atoms. The molecule has 1 N–H and O–H groups in total. The summed E-state index contributed by atoms with van der Waals surface area (Å²) in [7, 11) is 0. The monoisotopic (exact) mass is 377 g/mol. The van der Waals surface area contributed by atoms with Gasteiger partial charge in [0.2, 0.25) is 0 Å². The van der Waals surface area contributed by atoms with E-state index < -0.39 is 0 Å². The van der Waals surface area contributed by atoms with E-state index in [1.54, 1.807) is 41.0 Å². The summed E-state index contributed by atoms with van der Waals surface area (Å²) in [5.74, 6) is -0.266. The molecule has 0 atom stereocenters. The first-order valence-electron chi connectivity index (χ1n) is 8.24. The van der Waals surface area contributed by atoms with E-state index in [1.165, 1.54) is 17.6 Å². The van der Waals surface area contributed by atoms with E-state index in [0.29, 0.717) is 42.7 Å². The minimum absolute atomic E-state index is 0.114. The molecule has 0 saturated carbocycles. The number of anilines is 1. The number of nitrogens with zero attached hydrogens (tertiary/aromatic N) is 2. The van der Waals surface area contributed by atoms with Crippen LogP contribution < -0.4 is 5.32 Å². The number of piperazine rings is 1. The summed E-state index contributed by atoms with van der Waals surface area (Å²) >= 11 is 1.21. The third-order valence-corrected chi connectivity index (χ3v) is 4.88. The van der Waals surface area contributed by atoms with Crippen molar-refractivity contribution in [2.75, 3.05) is 38.1 Å². The molecule has 8 nitrogen and oxygen atoms in total. The van der Waals surface area contributed by atoms with Crippen molar-refractivity contribution in [3.05, 3.63) is 41.2 Å². The van der Waals surface area contributed by atoms with Crippen LogP contribution in [-0.2, 0) is 4.74 Å². The minimum Gasteiger partial charge on any atom is -0.459 e. The van der Waals surface area contributed by atoms with Gasteiger partial charge in [-0.15, -0.1) is 11.3 Å². The van der Waals surface area contributed by atoms with Gasteiger partial charge in [0, 0.05) is 26.2 Å². The second kappa shape index (κ2) is 8.05. The molecule has 0 spiro atoms. The van der Waals surface area contributed by atoms with Crippen molar-refractivity contribution < 1.29 is 23.5 Å². The van der Waals surface area contributed by atoms with Gasteiger partial charge in [-0.25, -0.2) is 4.79 Å². The molecule has 0 radical (unpaired) electrons.